The van der Waals surface area contributed by atoms with Gasteiger partial charge in [0.05, 0.1) is 4.75 Å². The third-order valence-electron chi connectivity index (χ3n) is 7.90. The fourth-order valence-electron chi connectivity index (χ4n) is 5.12. The van der Waals surface area contributed by atoms with Gasteiger partial charge in [0.25, 0.3) is 10.1 Å². The topological polar surface area (TPSA) is 54.4 Å². The van der Waals surface area contributed by atoms with E-state index in [1.165, 1.54) is 128 Å². The molecule has 0 fully saturated rings. The van der Waals surface area contributed by atoms with Crippen LogP contribution in [-0.2, 0) is 10.1 Å². The van der Waals surface area contributed by atoms with Crippen LogP contribution >= 0.6 is 0 Å². The summed E-state index contributed by atoms with van der Waals surface area (Å²) in [5.41, 5.74) is 0. The summed E-state index contributed by atoms with van der Waals surface area (Å²) in [6.07, 6.45) is 35.9. The highest BCUT2D eigenvalue weighted by molar-refractivity contribution is 7.87. The second kappa shape index (κ2) is 25.0. The van der Waals surface area contributed by atoms with Gasteiger partial charge in [-0.2, -0.15) is 8.42 Å². The van der Waals surface area contributed by atoms with Crippen molar-refractivity contribution >= 4 is 10.1 Å². The summed E-state index contributed by atoms with van der Waals surface area (Å²) in [4.78, 5) is 0. The average Bonchev–Trinajstić information content (AvgIpc) is 2.84. The minimum Gasteiger partial charge on any atom is -0.285 e. The van der Waals surface area contributed by atoms with Crippen LogP contribution in [0.15, 0.2) is 12.2 Å². The first-order valence-corrected chi connectivity index (χ1v) is 17.4. The molecule has 0 spiro atoms. The Bertz CT molecular complexity index is 584. The molecule has 0 aliphatic heterocycles. The van der Waals surface area contributed by atoms with Gasteiger partial charge in [-0.05, 0) is 45.4 Å². The normalized spacial score (nSPS) is 14.0. The highest BCUT2D eigenvalue weighted by Crippen LogP contribution is 2.30. The van der Waals surface area contributed by atoms with Gasteiger partial charge < -0.3 is 0 Å². The highest BCUT2D eigenvalue weighted by Gasteiger charge is 2.36. The molecule has 1 N–H and O–H groups in total. The van der Waals surface area contributed by atoms with Gasteiger partial charge in [-0.25, -0.2) is 0 Å². The lowest BCUT2D eigenvalue weighted by molar-refractivity contribution is 0.385. The Morgan fingerprint density at radius 3 is 1.08 bits per heavy atom. The summed E-state index contributed by atoms with van der Waals surface area (Å²) in [5, 5.41) is 0. The molecule has 0 rings (SSSR count). The fourth-order valence-corrected chi connectivity index (χ4v) is 5.92. The van der Waals surface area contributed by atoms with Crippen LogP contribution in [0.2, 0.25) is 0 Å². The summed E-state index contributed by atoms with van der Waals surface area (Å²) in [6, 6.07) is 0. The third kappa shape index (κ3) is 21.7. The van der Waals surface area contributed by atoms with Crippen molar-refractivity contribution in [2.45, 2.75) is 192 Å². The molecule has 0 heterocycles. The van der Waals surface area contributed by atoms with E-state index in [-0.39, 0.29) is 0 Å². The first kappa shape index (κ1) is 35.6. The van der Waals surface area contributed by atoms with Crippen molar-refractivity contribution in [3.8, 4) is 0 Å². The summed E-state index contributed by atoms with van der Waals surface area (Å²) in [6.45, 7) is 6.27. The average molecular weight is 529 g/mol. The van der Waals surface area contributed by atoms with Gasteiger partial charge >= 0.3 is 0 Å². The highest BCUT2D eigenvalue weighted by atomic mass is 32.2. The van der Waals surface area contributed by atoms with Crippen LogP contribution in [0.3, 0.4) is 0 Å². The molecule has 0 aromatic heterocycles. The zero-order chi connectivity index (χ0) is 26.8. The molecule has 1 unspecified atom stereocenters. The van der Waals surface area contributed by atoms with Gasteiger partial charge in [0.1, 0.15) is 0 Å². The smallest absolute Gasteiger partial charge is 0.270 e. The molecule has 0 aliphatic rings. The van der Waals surface area contributed by atoms with E-state index in [1.54, 1.807) is 6.92 Å². The SMILES string of the molecule is CCCCCCCCC/C=C\CCCCCCCCC(C)(CCCCCCCCCCC)S(=O)(=O)O. The van der Waals surface area contributed by atoms with Crippen molar-refractivity contribution in [1.29, 1.82) is 0 Å². The van der Waals surface area contributed by atoms with Crippen LogP contribution in [0.1, 0.15) is 188 Å². The van der Waals surface area contributed by atoms with E-state index < -0.39 is 14.9 Å². The molecule has 216 valence electrons. The Balaban J connectivity index is 3.73. The first-order chi connectivity index (χ1) is 17.4. The molecular weight excluding hydrogens is 464 g/mol. The van der Waals surface area contributed by atoms with Gasteiger partial charge in [0, 0.05) is 0 Å². The van der Waals surface area contributed by atoms with Crippen molar-refractivity contribution < 1.29 is 13.0 Å². The number of rotatable bonds is 28. The molecule has 0 aromatic carbocycles. The maximum atomic E-state index is 12.1. The van der Waals surface area contributed by atoms with Crippen LogP contribution < -0.4 is 0 Å². The van der Waals surface area contributed by atoms with E-state index in [0.717, 1.165) is 25.7 Å². The Hall–Kier alpha value is -0.350. The Labute approximate surface area is 227 Å². The van der Waals surface area contributed by atoms with Gasteiger partial charge in [-0.3, -0.25) is 4.55 Å². The van der Waals surface area contributed by atoms with Crippen molar-refractivity contribution in [3.63, 3.8) is 0 Å². The lowest BCUT2D eigenvalue weighted by Crippen LogP contribution is -2.35. The van der Waals surface area contributed by atoms with Crippen LogP contribution in [0.5, 0.6) is 0 Å². The zero-order valence-electron chi connectivity index (χ0n) is 24.7. The van der Waals surface area contributed by atoms with E-state index >= 15 is 0 Å². The zero-order valence-corrected chi connectivity index (χ0v) is 25.5. The van der Waals surface area contributed by atoms with Crippen LogP contribution in [0, 0.1) is 0 Å². The molecular formula is C32H64O3S. The lowest BCUT2D eigenvalue weighted by atomic mass is 9.94. The third-order valence-corrected chi connectivity index (χ3v) is 9.55. The second-order valence-corrected chi connectivity index (χ2v) is 13.5. The molecule has 0 bridgehead atoms. The maximum Gasteiger partial charge on any atom is 0.270 e. The Morgan fingerprint density at radius 1 is 0.500 bits per heavy atom. The molecule has 3 nitrogen and oxygen atoms in total. The van der Waals surface area contributed by atoms with Crippen LogP contribution in [0.4, 0.5) is 0 Å². The molecule has 1 atom stereocenters. The summed E-state index contributed by atoms with van der Waals surface area (Å²) in [7, 11) is -4.00. The van der Waals surface area contributed by atoms with Crippen molar-refractivity contribution in [2.75, 3.05) is 0 Å². The van der Waals surface area contributed by atoms with E-state index in [1.807, 2.05) is 0 Å². The molecule has 0 amide bonds. The van der Waals surface area contributed by atoms with Gasteiger partial charge in [0.2, 0.25) is 0 Å². The van der Waals surface area contributed by atoms with E-state index in [2.05, 4.69) is 26.0 Å². The quantitative estimate of drug-likeness (QED) is 0.0624. The molecule has 0 saturated heterocycles. The predicted molar refractivity (Wildman–Crippen MR) is 160 cm³/mol. The number of hydrogen-bond acceptors (Lipinski definition) is 2. The number of unbranched alkanes of at least 4 members (excludes halogenated alkanes) is 21. The Kier molecular flexibility index (Phi) is 24.7. The minimum absolute atomic E-state index is 0.587. The summed E-state index contributed by atoms with van der Waals surface area (Å²) < 4.78 is 33.0. The maximum absolute atomic E-state index is 12.1. The Morgan fingerprint density at radius 2 is 0.778 bits per heavy atom. The van der Waals surface area contributed by atoms with Crippen LogP contribution in [-0.4, -0.2) is 17.7 Å². The predicted octanol–water partition coefficient (Wildman–Crippen LogP) is 11.4. The summed E-state index contributed by atoms with van der Waals surface area (Å²) >= 11 is 0. The molecule has 0 aromatic rings. The molecule has 0 radical (unpaired) electrons. The van der Waals surface area contributed by atoms with Crippen molar-refractivity contribution in [3.05, 3.63) is 12.2 Å². The van der Waals surface area contributed by atoms with E-state index in [9.17, 15) is 13.0 Å². The van der Waals surface area contributed by atoms with E-state index in [0.29, 0.717) is 12.8 Å². The fraction of sp³-hybridized carbons (Fsp3) is 0.938. The van der Waals surface area contributed by atoms with Gasteiger partial charge in [-0.15, -0.1) is 0 Å². The van der Waals surface area contributed by atoms with E-state index in [4.69, 9.17) is 0 Å². The lowest BCUT2D eigenvalue weighted by Gasteiger charge is -2.26. The summed E-state index contributed by atoms with van der Waals surface area (Å²) in [5.74, 6) is 0. The van der Waals surface area contributed by atoms with Gasteiger partial charge in [0.15, 0.2) is 0 Å². The molecule has 0 saturated carbocycles. The van der Waals surface area contributed by atoms with Crippen molar-refractivity contribution in [2.24, 2.45) is 0 Å². The largest absolute Gasteiger partial charge is 0.285 e. The minimum atomic E-state index is -4.00. The van der Waals surface area contributed by atoms with Crippen molar-refractivity contribution in [1.82, 2.24) is 0 Å². The van der Waals surface area contributed by atoms with Crippen LogP contribution in [0.25, 0.3) is 0 Å². The number of allylic oxidation sites excluding steroid dienone is 2. The molecule has 4 heteroatoms. The monoisotopic (exact) mass is 528 g/mol. The second-order valence-electron chi connectivity index (χ2n) is 11.5. The standard InChI is InChI=1S/C32H64O3S/c1-4-6-8-10-12-14-15-16-17-18-19-20-21-23-25-27-29-31-32(3,36(33,34)35)30-28-26-24-22-13-11-9-7-5-2/h17-18H,4-16,19-31H2,1-3H3,(H,33,34,35)/b18-17-. The van der Waals surface area contributed by atoms with Gasteiger partial charge in [-0.1, -0.05) is 154 Å². The number of hydrogen-bond donors (Lipinski definition) is 1. The first-order valence-electron chi connectivity index (χ1n) is 16.0. The molecule has 0 aliphatic carbocycles. The molecule has 36 heavy (non-hydrogen) atoms.